The topological polar surface area (TPSA) is 144 Å². The highest BCUT2D eigenvalue weighted by Gasteiger charge is 2.27. The Balaban J connectivity index is 2.01. The fraction of sp³-hybridized carbons (Fsp3) is 0.440. The van der Waals surface area contributed by atoms with Crippen molar-refractivity contribution < 1.29 is 9.84 Å². The van der Waals surface area contributed by atoms with Gasteiger partial charge in [-0.2, -0.15) is 10.2 Å². The molecule has 3 heterocycles. The van der Waals surface area contributed by atoms with Crippen LogP contribution >= 0.6 is 0 Å². The van der Waals surface area contributed by atoms with E-state index in [0.29, 0.717) is 30.2 Å². The van der Waals surface area contributed by atoms with Crippen LogP contribution in [0.3, 0.4) is 0 Å². The normalized spacial score (nSPS) is 16.4. The largest absolute Gasteiger partial charge is 0.366 e. The Hall–Kier alpha value is -3.90. The minimum absolute atomic E-state index is 0.0408. The molecule has 11 heteroatoms. The first kappa shape index (κ1) is 25.2. The van der Waals surface area contributed by atoms with Gasteiger partial charge in [0.1, 0.15) is 0 Å². The van der Waals surface area contributed by atoms with Gasteiger partial charge in [0, 0.05) is 26.2 Å². The van der Waals surface area contributed by atoms with E-state index in [2.05, 4.69) is 17.9 Å². The molecule has 1 aromatic carbocycles. The van der Waals surface area contributed by atoms with E-state index in [9.17, 15) is 20.0 Å². The van der Waals surface area contributed by atoms with Crippen molar-refractivity contribution in [3.05, 3.63) is 56.2 Å². The summed E-state index contributed by atoms with van der Waals surface area (Å²) in [6, 6.07) is 8.85. The fourth-order valence-corrected chi connectivity index (χ4v) is 4.49. The zero-order chi connectivity index (χ0) is 25.8. The summed E-state index contributed by atoms with van der Waals surface area (Å²) in [4.78, 5) is 34.1. The van der Waals surface area contributed by atoms with Crippen LogP contribution in [0.15, 0.2) is 33.9 Å². The molecule has 3 aromatic rings. The number of benzene rings is 1. The maximum atomic E-state index is 13.8. The lowest BCUT2D eigenvalue weighted by molar-refractivity contribution is -0.0836. The molecule has 0 amide bonds. The molecule has 2 aromatic heterocycles. The third kappa shape index (κ3) is 4.77. The van der Waals surface area contributed by atoms with E-state index in [1.54, 1.807) is 35.8 Å². The first-order valence-electron chi connectivity index (χ1n) is 11.7. The van der Waals surface area contributed by atoms with Crippen molar-refractivity contribution in [1.82, 2.24) is 18.7 Å². The highest BCUT2D eigenvalue weighted by atomic mass is 16.6. The molecular weight excluding hydrogens is 462 g/mol. The molecule has 0 bridgehead atoms. The van der Waals surface area contributed by atoms with E-state index >= 15 is 0 Å². The second kappa shape index (κ2) is 10.8. The van der Waals surface area contributed by atoms with Gasteiger partial charge in [-0.1, -0.05) is 24.1 Å². The first-order chi connectivity index (χ1) is 17.4. The number of nitrogens with two attached hydrogens (primary N) is 1. The van der Waals surface area contributed by atoms with Gasteiger partial charge in [-0.25, -0.2) is 4.79 Å². The predicted octanol–water partition coefficient (Wildman–Crippen LogP) is 0.195. The minimum atomic E-state index is -1.30. The zero-order valence-electron chi connectivity index (χ0n) is 20.3. The number of hydrogen-bond acceptors (Lipinski definition) is 8. The minimum Gasteiger partial charge on any atom is -0.366 e. The Bertz CT molecular complexity index is 1480. The molecule has 0 radical (unpaired) electrons. The van der Waals surface area contributed by atoms with E-state index in [1.807, 2.05) is 4.90 Å². The van der Waals surface area contributed by atoms with Gasteiger partial charge < -0.3 is 20.5 Å². The van der Waals surface area contributed by atoms with Crippen molar-refractivity contribution in [3.8, 4) is 17.9 Å². The Morgan fingerprint density at radius 1 is 1.28 bits per heavy atom. The molecular formula is C25H29N7O4. The number of imidazole rings is 1. The molecule has 0 spiro atoms. The van der Waals surface area contributed by atoms with Crippen LogP contribution in [-0.2, 0) is 24.4 Å². The molecule has 1 aliphatic heterocycles. The average Bonchev–Trinajstić information content (AvgIpc) is 3.27. The smallest absolute Gasteiger partial charge is 0.333 e. The van der Waals surface area contributed by atoms with Crippen LogP contribution in [0.1, 0.15) is 30.9 Å². The van der Waals surface area contributed by atoms with Gasteiger partial charge in [-0.05, 0) is 31.4 Å². The highest BCUT2D eigenvalue weighted by molar-refractivity contribution is 5.75. The molecule has 3 N–H and O–H groups in total. The quantitative estimate of drug-likeness (QED) is 0.352. The summed E-state index contributed by atoms with van der Waals surface area (Å²) in [5, 5.41) is 19.7. The third-order valence-corrected chi connectivity index (χ3v) is 6.33. The van der Waals surface area contributed by atoms with Crippen LogP contribution in [0.4, 0.5) is 5.95 Å². The Labute approximate surface area is 207 Å². The predicted molar refractivity (Wildman–Crippen MR) is 134 cm³/mol. The van der Waals surface area contributed by atoms with Crippen LogP contribution in [0, 0.1) is 23.2 Å². The third-order valence-electron chi connectivity index (χ3n) is 6.33. The number of rotatable bonds is 7. The van der Waals surface area contributed by atoms with Crippen LogP contribution in [0.25, 0.3) is 11.2 Å². The van der Waals surface area contributed by atoms with Crippen molar-refractivity contribution in [1.29, 1.82) is 5.26 Å². The van der Waals surface area contributed by atoms with Gasteiger partial charge >= 0.3 is 5.69 Å². The molecule has 36 heavy (non-hydrogen) atoms. The van der Waals surface area contributed by atoms with Gasteiger partial charge in [-0.15, -0.1) is 5.92 Å². The average molecular weight is 492 g/mol. The molecule has 1 fully saturated rings. The van der Waals surface area contributed by atoms with Gasteiger partial charge in [0.25, 0.3) is 5.56 Å². The zero-order valence-corrected chi connectivity index (χ0v) is 20.3. The van der Waals surface area contributed by atoms with Crippen LogP contribution in [0.2, 0.25) is 0 Å². The molecule has 2 unspecified atom stereocenters. The Morgan fingerprint density at radius 3 is 2.75 bits per heavy atom. The van der Waals surface area contributed by atoms with Crippen LogP contribution < -0.4 is 21.9 Å². The summed E-state index contributed by atoms with van der Waals surface area (Å²) >= 11 is 0. The van der Waals surface area contributed by atoms with Crippen molar-refractivity contribution >= 4 is 17.1 Å². The van der Waals surface area contributed by atoms with Crippen molar-refractivity contribution in [2.45, 2.75) is 51.7 Å². The maximum Gasteiger partial charge on any atom is 0.333 e. The van der Waals surface area contributed by atoms with Gasteiger partial charge in [0.15, 0.2) is 17.5 Å². The Kier molecular flexibility index (Phi) is 7.55. The SMILES string of the molecule is CC#CCn1c(N2CCCC(N)C2)nc2c1c(=O)n(Cc1ccccc1C#N)c(=O)n2CC(O)OC. The van der Waals surface area contributed by atoms with Gasteiger partial charge in [0.05, 0.1) is 31.3 Å². The monoisotopic (exact) mass is 491 g/mol. The molecule has 0 aliphatic carbocycles. The number of aliphatic hydroxyl groups excluding tert-OH is 1. The van der Waals surface area contributed by atoms with Gasteiger partial charge in [0.2, 0.25) is 5.95 Å². The number of methoxy groups -OCH3 is 1. The number of ether oxygens (including phenoxy) is 1. The fourth-order valence-electron chi connectivity index (χ4n) is 4.49. The van der Waals surface area contributed by atoms with Crippen molar-refractivity contribution in [2.24, 2.45) is 5.73 Å². The Morgan fingerprint density at radius 2 is 2.06 bits per heavy atom. The lowest BCUT2D eigenvalue weighted by Gasteiger charge is -2.31. The van der Waals surface area contributed by atoms with Crippen molar-refractivity contribution in [3.63, 3.8) is 0 Å². The van der Waals surface area contributed by atoms with E-state index in [-0.39, 0.29) is 36.8 Å². The lowest BCUT2D eigenvalue weighted by atomic mass is 10.1. The van der Waals surface area contributed by atoms with Crippen LogP contribution in [0.5, 0.6) is 0 Å². The number of hydrogen-bond donors (Lipinski definition) is 2. The summed E-state index contributed by atoms with van der Waals surface area (Å²) in [6.07, 6.45) is 0.464. The van der Waals surface area contributed by atoms with Crippen molar-refractivity contribution in [2.75, 3.05) is 25.1 Å². The number of aliphatic hydroxyl groups is 1. The standard InChI is InChI=1S/C25H29N7O4/c1-3-4-12-30-21-22(28-24(30)29-11-7-10-19(27)15-29)31(16-20(33)36-2)25(35)32(23(21)34)14-18-9-6-5-8-17(18)13-26/h5-6,8-9,19-20,33H,7,10-12,14-16,27H2,1-2H3. The summed E-state index contributed by atoms with van der Waals surface area (Å²) in [5.74, 6) is 6.34. The van der Waals surface area contributed by atoms with E-state index in [0.717, 1.165) is 17.4 Å². The lowest BCUT2D eigenvalue weighted by Crippen LogP contribution is -2.44. The number of nitrogens with zero attached hydrogens (tertiary/aromatic N) is 6. The summed E-state index contributed by atoms with van der Waals surface area (Å²) < 4.78 is 9.00. The van der Waals surface area contributed by atoms with Crippen LogP contribution in [-0.4, -0.2) is 56.3 Å². The molecule has 1 saturated heterocycles. The molecule has 1 aliphatic rings. The number of fused-ring (bicyclic) bond motifs is 1. The first-order valence-corrected chi connectivity index (χ1v) is 11.7. The second-order valence-corrected chi connectivity index (χ2v) is 8.69. The highest BCUT2D eigenvalue weighted by Crippen LogP contribution is 2.23. The molecule has 11 nitrogen and oxygen atoms in total. The summed E-state index contributed by atoms with van der Waals surface area (Å²) in [5.41, 5.74) is 6.20. The summed E-state index contributed by atoms with van der Waals surface area (Å²) in [6.45, 7) is 2.79. The number of piperidine rings is 1. The molecule has 2 atom stereocenters. The van der Waals surface area contributed by atoms with E-state index in [1.165, 1.54) is 11.7 Å². The van der Waals surface area contributed by atoms with Gasteiger partial charge in [-0.3, -0.25) is 18.5 Å². The number of anilines is 1. The second-order valence-electron chi connectivity index (χ2n) is 8.69. The molecule has 0 saturated carbocycles. The maximum absolute atomic E-state index is 13.8. The number of nitriles is 1. The molecule has 4 rings (SSSR count). The molecule has 188 valence electrons. The van der Waals surface area contributed by atoms with E-state index < -0.39 is 17.5 Å². The number of aromatic nitrogens is 4. The van der Waals surface area contributed by atoms with E-state index in [4.69, 9.17) is 15.5 Å². The summed E-state index contributed by atoms with van der Waals surface area (Å²) in [7, 11) is 1.32.